The van der Waals surface area contributed by atoms with E-state index in [0.717, 1.165) is 30.6 Å². The smallest absolute Gasteiger partial charge is 0.325 e. The van der Waals surface area contributed by atoms with Gasteiger partial charge in [0.05, 0.1) is 6.54 Å². The van der Waals surface area contributed by atoms with Crippen molar-refractivity contribution in [3.63, 3.8) is 0 Å². The van der Waals surface area contributed by atoms with Gasteiger partial charge < -0.3 is 15.2 Å². The fraction of sp³-hybridized carbons (Fsp3) is 0.579. The molecule has 1 aromatic rings. The maximum Gasteiger partial charge on any atom is 0.325 e. The summed E-state index contributed by atoms with van der Waals surface area (Å²) >= 11 is 0. The van der Waals surface area contributed by atoms with Crippen LogP contribution in [0.1, 0.15) is 44.9 Å². The van der Waals surface area contributed by atoms with E-state index in [1.54, 1.807) is 0 Å². The van der Waals surface area contributed by atoms with Gasteiger partial charge in [-0.05, 0) is 37.1 Å². The van der Waals surface area contributed by atoms with Gasteiger partial charge in [0, 0.05) is 0 Å². The van der Waals surface area contributed by atoms with Crippen molar-refractivity contribution in [2.75, 3.05) is 13.2 Å². The molecule has 26 heavy (non-hydrogen) atoms. The van der Waals surface area contributed by atoms with Crippen LogP contribution in [0, 0.1) is 5.82 Å². The number of benzene rings is 1. The highest BCUT2D eigenvalue weighted by Crippen LogP contribution is 2.32. The van der Waals surface area contributed by atoms with Crippen molar-refractivity contribution in [2.45, 2.75) is 56.6 Å². The zero-order valence-corrected chi connectivity index (χ0v) is 14.7. The fourth-order valence-corrected chi connectivity index (χ4v) is 3.68. The number of aliphatic hydroxyl groups is 1. The second kappa shape index (κ2) is 8.03. The van der Waals surface area contributed by atoms with E-state index >= 15 is 0 Å². The molecule has 1 saturated carbocycles. The van der Waals surface area contributed by atoms with Gasteiger partial charge >= 0.3 is 6.03 Å². The third kappa shape index (κ3) is 4.15. The summed E-state index contributed by atoms with van der Waals surface area (Å²) in [4.78, 5) is 26.3. The Morgan fingerprint density at radius 3 is 2.38 bits per heavy atom. The van der Waals surface area contributed by atoms with Crippen LogP contribution in [0.2, 0.25) is 0 Å². The van der Waals surface area contributed by atoms with Gasteiger partial charge in [-0.15, -0.1) is 0 Å². The molecule has 3 rings (SSSR count). The highest BCUT2D eigenvalue weighted by molar-refractivity contribution is 6.07. The number of aliphatic hydroxyl groups excluding tert-OH is 1. The monoisotopic (exact) mass is 364 g/mol. The summed E-state index contributed by atoms with van der Waals surface area (Å²) < 4.78 is 18.3. The molecule has 142 valence electrons. The zero-order valence-electron chi connectivity index (χ0n) is 14.7. The Labute approximate surface area is 152 Å². The van der Waals surface area contributed by atoms with Crippen LogP contribution in [0.3, 0.4) is 0 Å². The minimum Gasteiger partial charge on any atom is -0.491 e. The first-order valence-electron chi connectivity index (χ1n) is 9.21. The Kier molecular flexibility index (Phi) is 5.76. The number of β-amino-alcohol motifs (C(OH)–C–C–N with tert-alkyl or cyclic N) is 1. The summed E-state index contributed by atoms with van der Waals surface area (Å²) in [6.07, 6.45) is 5.41. The van der Waals surface area contributed by atoms with E-state index in [4.69, 9.17) is 4.74 Å². The Morgan fingerprint density at radius 1 is 1.12 bits per heavy atom. The number of halogens is 1. The van der Waals surface area contributed by atoms with Crippen molar-refractivity contribution in [1.82, 2.24) is 10.2 Å². The van der Waals surface area contributed by atoms with Crippen molar-refractivity contribution < 1.29 is 23.8 Å². The average molecular weight is 364 g/mol. The van der Waals surface area contributed by atoms with E-state index in [-0.39, 0.29) is 24.9 Å². The van der Waals surface area contributed by atoms with Gasteiger partial charge in [0.2, 0.25) is 0 Å². The van der Waals surface area contributed by atoms with Crippen LogP contribution < -0.4 is 10.1 Å². The number of nitrogens with zero attached hydrogens (tertiary/aromatic N) is 1. The number of nitrogens with one attached hydrogen (secondary N) is 1. The van der Waals surface area contributed by atoms with Gasteiger partial charge in [0.1, 0.15) is 29.8 Å². The lowest BCUT2D eigenvalue weighted by Gasteiger charge is -2.28. The Hall–Kier alpha value is -2.15. The molecule has 1 aliphatic heterocycles. The molecule has 0 bridgehead atoms. The predicted molar refractivity (Wildman–Crippen MR) is 93.2 cm³/mol. The maximum absolute atomic E-state index is 12.9. The lowest BCUT2D eigenvalue weighted by molar-refractivity contribution is -0.133. The SMILES string of the molecule is O=C1NC2(CCCCCCC2)C(=O)N1C[C@H](O)COc1ccc(F)cc1. The molecule has 1 aliphatic carbocycles. The molecule has 2 fully saturated rings. The number of urea groups is 1. The van der Waals surface area contributed by atoms with Gasteiger partial charge in [0.15, 0.2) is 0 Å². The molecular formula is C19H25FN2O4. The third-order valence-corrected chi connectivity index (χ3v) is 5.10. The number of carbonyl (C=O) groups excluding carboxylic acids is 2. The Morgan fingerprint density at radius 2 is 1.73 bits per heavy atom. The number of rotatable bonds is 5. The first kappa shape index (κ1) is 18.6. The number of hydrogen-bond donors (Lipinski definition) is 2. The normalized spacial score (nSPS) is 21.2. The highest BCUT2D eigenvalue weighted by atomic mass is 19.1. The van der Waals surface area contributed by atoms with E-state index in [0.29, 0.717) is 18.6 Å². The van der Waals surface area contributed by atoms with E-state index < -0.39 is 17.7 Å². The second-order valence-electron chi connectivity index (χ2n) is 7.11. The summed E-state index contributed by atoms with van der Waals surface area (Å²) in [6.45, 7) is -0.205. The summed E-state index contributed by atoms with van der Waals surface area (Å²) in [5.41, 5.74) is -0.810. The molecule has 6 nitrogen and oxygen atoms in total. The minimum absolute atomic E-state index is 0.0876. The third-order valence-electron chi connectivity index (χ3n) is 5.10. The average Bonchev–Trinajstić information content (AvgIpc) is 2.83. The van der Waals surface area contributed by atoms with E-state index in [2.05, 4.69) is 5.32 Å². The Balaban J connectivity index is 1.57. The molecule has 1 aromatic carbocycles. The molecule has 1 spiro atoms. The summed E-state index contributed by atoms with van der Waals surface area (Å²) in [7, 11) is 0. The van der Waals surface area contributed by atoms with Gasteiger partial charge in [-0.1, -0.05) is 32.1 Å². The summed E-state index contributed by atoms with van der Waals surface area (Å²) in [5, 5.41) is 13.0. The van der Waals surface area contributed by atoms with Gasteiger partial charge in [-0.2, -0.15) is 0 Å². The Bertz CT molecular complexity index is 641. The summed E-state index contributed by atoms with van der Waals surface area (Å²) in [5.74, 6) is -0.203. The quantitative estimate of drug-likeness (QED) is 0.787. The van der Waals surface area contributed by atoms with Gasteiger partial charge in [-0.25, -0.2) is 9.18 Å². The molecule has 0 unspecified atom stereocenters. The molecule has 1 heterocycles. The summed E-state index contributed by atoms with van der Waals surface area (Å²) in [6, 6.07) is 4.99. The van der Waals surface area contributed by atoms with E-state index in [1.165, 1.54) is 30.7 Å². The predicted octanol–water partition coefficient (Wildman–Crippen LogP) is 2.60. The number of amides is 3. The van der Waals surface area contributed by atoms with Crippen LogP contribution in [0.25, 0.3) is 0 Å². The topological polar surface area (TPSA) is 78.9 Å². The van der Waals surface area contributed by atoms with E-state index in [9.17, 15) is 19.1 Å². The van der Waals surface area contributed by atoms with Crippen molar-refractivity contribution in [2.24, 2.45) is 0 Å². The van der Waals surface area contributed by atoms with Crippen molar-refractivity contribution in [3.05, 3.63) is 30.1 Å². The zero-order chi connectivity index (χ0) is 18.6. The minimum atomic E-state index is -1.02. The fourth-order valence-electron chi connectivity index (χ4n) is 3.68. The highest BCUT2D eigenvalue weighted by Gasteiger charge is 2.50. The van der Waals surface area contributed by atoms with Crippen LogP contribution in [0.4, 0.5) is 9.18 Å². The van der Waals surface area contributed by atoms with Crippen LogP contribution in [-0.4, -0.2) is 46.7 Å². The second-order valence-corrected chi connectivity index (χ2v) is 7.11. The molecular weight excluding hydrogens is 339 g/mol. The standard InChI is InChI=1S/C19H25FN2O4/c20-14-6-8-16(9-7-14)26-13-15(23)12-22-17(24)19(21-18(22)25)10-4-2-1-3-5-11-19/h6-9,15,23H,1-5,10-13H2,(H,21,25)/t15-/m0/s1. The molecule has 7 heteroatoms. The molecule has 0 radical (unpaired) electrons. The van der Waals surface area contributed by atoms with Crippen LogP contribution in [-0.2, 0) is 4.79 Å². The van der Waals surface area contributed by atoms with Crippen molar-refractivity contribution in [3.8, 4) is 5.75 Å². The lowest BCUT2D eigenvalue weighted by Crippen LogP contribution is -2.48. The molecule has 1 saturated heterocycles. The molecule has 0 aromatic heterocycles. The largest absolute Gasteiger partial charge is 0.491 e. The first-order chi connectivity index (χ1) is 12.5. The van der Waals surface area contributed by atoms with Crippen LogP contribution in [0.5, 0.6) is 5.75 Å². The molecule has 3 amide bonds. The van der Waals surface area contributed by atoms with E-state index in [1.807, 2.05) is 0 Å². The lowest BCUT2D eigenvalue weighted by atomic mass is 9.84. The van der Waals surface area contributed by atoms with Crippen LogP contribution >= 0.6 is 0 Å². The first-order valence-corrected chi connectivity index (χ1v) is 9.21. The molecule has 2 N–H and O–H groups in total. The number of imide groups is 1. The maximum atomic E-state index is 12.9. The number of carbonyl (C=O) groups is 2. The van der Waals surface area contributed by atoms with Crippen LogP contribution in [0.15, 0.2) is 24.3 Å². The number of hydrogen-bond acceptors (Lipinski definition) is 4. The molecule has 2 aliphatic rings. The number of ether oxygens (including phenoxy) is 1. The molecule has 1 atom stereocenters. The van der Waals surface area contributed by atoms with Crippen molar-refractivity contribution >= 4 is 11.9 Å². The van der Waals surface area contributed by atoms with Crippen molar-refractivity contribution in [1.29, 1.82) is 0 Å². The van der Waals surface area contributed by atoms with Gasteiger partial charge in [0.25, 0.3) is 5.91 Å². The van der Waals surface area contributed by atoms with Gasteiger partial charge in [-0.3, -0.25) is 9.69 Å².